The van der Waals surface area contributed by atoms with Crippen LogP contribution in [0.15, 0.2) is 41.9 Å². The highest BCUT2D eigenvalue weighted by atomic mass is 32.1. The van der Waals surface area contributed by atoms with Crippen molar-refractivity contribution in [1.82, 2.24) is 14.7 Å². The average molecular weight is 385 g/mol. The average Bonchev–Trinajstić information content (AvgIpc) is 3.27. The van der Waals surface area contributed by atoms with Gasteiger partial charge in [-0.3, -0.25) is 4.79 Å². The number of rotatable bonds is 5. The second-order valence-electron chi connectivity index (χ2n) is 6.49. The largest absolute Gasteiger partial charge is 0.373 e. The Hall–Kier alpha value is -2.94. The summed E-state index contributed by atoms with van der Waals surface area (Å²) in [5.41, 5.74) is 0.605. The Morgan fingerprint density at radius 3 is 2.93 bits per heavy atom. The van der Waals surface area contributed by atoms with Crippen molar-refractivity contribution < 1.29 is 9.72 Å². The molecule has 3 aromatic rings. The minimum Gasteiger partial charge on any atom is -0.358 e. The van der Waals surface area contributed by atoms with Gasteiger partial charge in [0.2, 0.25) is 5.82 Å². The fourth-order valence-electron chi connectivity index (χ4n) is 3.52. The lowest BCUT2D eigenvalue weighted by Gasteiger charge is -2.35. The van der Waals surface area contributed by atoms with Gasteiger partial charge in [-0.05, 0) is 36.3 Å². The molecule has 1 fully saturated rings. The van der Waals surface area contributed by atoms with Gasteiger partial charge in [-0.2, -0.15) is 9.38 Å². The molecule has 27 heavy (non-hydrogen) atoms. The number of benzene rings is 1. The standard InChI is InChI=1S/C18H19N5O3S/c24-16(13-6-2-1-3-7-13)19-12-14-8-4-5-9-21(14)15-17(23(25)26)22-10-11-27-18(22)20-15/h1-3,6-7,10-11,14H,4-5,8-9,12H2,(H,19,24). The van der Waals surface area contributed by atoms with E-state index >= 15 is 0 Å². The number of aromatic nitrogens is 2. The fourth-order valence-corrected chi connectivity index (χ4v) is 4.22. The van der Waals surface area contributed by atoms with Crippen LogP contribution < -0.4 is 10.2 Å². The van der Waals surface area contributed by atoms with Gasteiger partial charge in [0, 0.05) is 30.1 Å². The van der Waals surface area contributed by atoms with Gasteiger partial charge in [0.25, 0.3) is 10.9 Å². The van der Waals surface area contributed by atoms with Crippen LogP contribution in [0.4, 0.5) is 11.6 Å². The van der Waals surface area contributed by atoms with E-state index < -0.39 is 0 Å². The molecule has 8 nitrogen and oxygen atoms in total. The van der Waals surface area contributed by atoms with Crippen LogP contribution in [0.1, 0.15) is 29.6 Å². The minimum atomic E-state index is -0.379. The van der Waals surface area contributed by atoms with Crippen molar-refractivity contribution in [3.8, 4) is 0 Å². The molecule has 1 aliphatic rings. The van der Waals surface area contributed by atoms with Crippen molar-refractivity contribution >= 4 is 33.8 Å². The highest BCUT2D eigenvalue weighted by Gasteiger charge is 2.33. The Morgan fingerprint density at radius 2 is 2.15 bits per heavy atom. The van der Waals surface area contributed by atoms with E-state index in [-0.39, 0.29) is 22.7 Å². The van der Waals surface area contributed by atoms with E-state index in [0.29, 0.717) is 29.4 Å². The second kappa shape index (κ2) is 7.36. The van der Waals surface area contributed by atoms with Crippen molar-refractivity contribution in [2.24, 2.45) is 0 Å². The maximum absolute atomic E-state index is 12.3. The Bertz CT molecular complexity index is 968. The first-order valence-electron chi connectivity index (χ1n) is 8.85. The van der Waals surface area contributed by atoms with Crippen molar-refractivity contribution in [3.05, 3.63) is 57.6 Å². The molecule has 0 spiro atoms. The summed E-state index contributed by atoms with van der Waals surface area (Å²) in [5, 5.41) is 16.4. The first kappa shape index (κ1) is 17.5. The number of hydrogen-bond donors (Lipinski definition) is 1. The molecule has 9 heteroatoms. The molecule has 1 amide bonds. The van der Waals surface area contributed by atoms with Gasteiger partial charge in [0.15, 0.2) is 0 Å². The molecule has 0 aliphatic carbocycles. The summed E-state index contributed by atoms with van der Waals surface area (Å²) in [7, 11) is 0. The highest BCUT2D eigenvalue weighted by Crippen LogP contribution is 2.34. The Labute approximate surface area is 159 Å². The number of nitrogens with zero attached hydrogens (tertiary/aromatic N) is 4. The molecule has 1 N–H and O–H groups in total. The molecule has 140 valence electrons. The molecule has 1 saturated heterocycles. The van der Waals surface area contributed by atoms with E-state index in [0.717, 1.165) is 19.3 Å². The molecule has 2 aromatic heterocycles. The van der Waals surface area contributed by atoms with Crippen molar-refractivity contribution in [2.75, 3.05) is 18.0 Å². The zero-order valence-electron chi connectivity index (χ0n) is 14.6. The molecule has 4 rings (SSSR count). The van der Waals surface area contributed by atoms with Crippen LogP contribution in [0.25, 0.3) is 4.96 Å². The quantitative estimate of drug-likeness (QED) is 0.538. The summed E-state index contributed by atoms with van der Waals surface area (Å²) in [6.45, 7) is 1.12. The predicted molar refractivity (Wildman–Crippen MR) is 103 cm³/mol. The first-order valence-corrected chi connectivity index (χ1v) is 9.73. The van der Waals surface area contributed by atoms with Crippen LogP contribution in [0.2, 0.25) is 0 Å². The molecule has 3 heterocycles. The van der Waals surface area contributed by atoms with Crippen LogP contribution in [0.5, 0.6) is 0 Å². The Kier molecular flexibility index (Phi) is 4.76. The predicted octanol–water partition coefficient (Wildman–Crippen LogP) is 3.09. The lowest BCUT2D eigenvalue weighted by molar-refractivity contribution is -0.389. The topological polar surface area (TPSA) is 92.8 Å². The van der Waals surface area contributed by atoms with E-state index in [1.165, 1.54) is 15.7 Å². The summed E-state index contributed by atoms with van der Waals surface area (Å²) in [5.74, 6) is 0.250. The van der Waals surface area contributed by atoms with Gasteiger partial charge in [-0.25, -0.2) is 0 Å². The molecule has 1 aliphatic heterocycles. The van der Waals surface area contributed by atoms with E-state index in [2.05, 4.69) is 10.3 Å². The number of hydrogen-bond acceptors (Lipinski definition) is 6. The smallest absolute Gasteiger partial charge is 0.358 e. The lowest BCUT2D eigenvalue weighted by atomic mass is 10.0. The number of carbonyl (C=O) groups excluding carboxylic acids is 1. The zero-order chi connectivity index (χ0) is 18.8. The van der Waals surface area contributed by atoms with Crippen molar-refractivity contribution in [1.29, 1.82) is 0 Å². The molecule has 0 radical (unpaired) electrons. The zero-order valence-corrected chi connectivity index (χ0v) is 15.4. The number of anilines is 1. The number of imidazole rings is 1. The monoisotopic (exact) mass is 385 g/mol. The summed E-state index contributed by atoms with van der Waals surface area (Å²) < 4.78 is 1.52. The van der Waals surface area contributed by atoms with Gasteiger partial charge < -0.3 is 20.3 Å². The van der Waals surface area contributed by atoms with Gasteiger partial charge in [-0.15, -0.1) is 0 Å². The van der Waals surface area contributed by atoms with E-state index in [4.69, 9.17) is 0 Å². The SMILES string of the molecule is O=C(NCC1CCCCN1c1nc2sccn2c1[N+](=O)[O-])c1ccccc1. The van der Waals surface area contributed by atoms with Crippen LogP contribution >= 0.6 is 11.3 Å². The van der Waals surface area contributed by atoms with E-state index in [9.17, 15) is 14.9 Å². The molecule has 0 saturated carbocycles. The number of amides is 1. The molecular weight excluding hydrogens is 366 g/mol. The third-order valence-corrected chi connectivity index (χ3v) is 5.58. The fraction of sp³-hybridized carbons (Fsp3) is 0.333. The number of nitrogens with one attached hydrogen (secondary N) is 1. The van der Waals surface area contributed by atoms with Crippen LogP contribution in [0, 0.1) is 10.1 Å². The minimum absolute atomic E-state index is 0.00691. The molecular formula is C18H19N5O3S. The van der Waals surface area contributed by atoms with Crippen molar-refractivity contribution in [2.45, 2.75) is 25.3 Å². The van der Waals surface area contributed by atoms with Crippen LogP contribution in [0.3, 0.4) is 0 Å². The molecule has 1 atom stereocenters. The molecule has 0 bridgehead atoms. The molecule has 1 unspecified atom stereocenters. The summed E-state index contributed by atoms with van der Waals surface area (Å²) >= 11 is 1.37. The second-order valence-corrected chi connectivity index (χ2v) is 7.36. The summed E-state index contributed by atoms with van der Waals surface area (Å²) in [6, 6.07) is 9.02. The number of thiazole rings is 1. The number of piperidine rings is 1. The Morgan fingerprint density at radius 1 is 1.33 bits per heavy atom. The number of nitro groups is 1. The third-order valence-electron chi connectivity index (χ3n) is 4.83. The van der Waals surface area contributed by atoms with E-state index in [1.807, 2.05) is 23.1 Å². The highest BCUT2D eigenvalue weighted by molar-refractivity contribution is 7.15. The third kappa shape index (κ3) is 3.37. The van der Waals surface area contributed by atoms with Crippen LogP contribution in [-0.2, 0) is 0 Å². The van der Waals surface area contributed by atoms with Gasteiger partial charge in [-0.1, -0.05) is 29.5 Å². The van der Waals surface area contributed by atoms with Crippen molar-refractivity contribution in [3.63, 3.8) is 0 Å². The van der Waals surface area contributed by atoms with Gasteiger partial charge in [0.1, 0.15) is 6.20 Å². The first-order chi connectivity index (χ1) is 13.1. The van der Waals surface area contributed by atoms with Crippen LogP contribution in [-0.4, -0.2) is 39.3 Å². The van der Waals surface area contributed by atoms with Gasteiger partial charge in [0.05, 0.1) is 0 Å². The Balaban J connectivity index is 1.56. The number of fused-ring (bicyclic) bond motifs is 1. The van der Waals surface area contributed by atoms with Gasteiger partial charge >= 0.3 is 5.82 Å². The van der Waals surface area contributed by atoms with E-state index in [1.54, 1.807) is 23.7 Å². The maximum Gasteiger partial charge on any atom is 0.373 e. The maximum atomic E-state index is 12.3. The summed E-state index contributed by atoms with van der Waals surface area (Å²) in [4.78, 5) is 30.7. The number of carbonyl (C=O) groups is 1. The summed E-state index contributed by atoms with van der Waals surface area (Å²) in [6.07, 6.45) is 4.51. The normalized spacial score (nSPS) is 17.2. The lowest BCUT2D eigenvalue weighted by Crippen LogP contribution is -2.47. The molecule has 1 aromatic carbocycles.